The Morgan fingerprint density at radius 1 is 1.35 bits per heavy atom. The van der Waals surface area contributed by atoms with Gasteiger partial charge in [-0.2, -0.15) is 0 Å². The van der Waals surface area contributed by atoms with E-state index >= 15 is 0 Å². The summed E-state index contributed by atoms with van der Waals surface area (Å²) in [5.74, 6) is -0.958. The predicted octanol–water partition coefficient (Wildman–Crippen LogP) is 2.61. The summed E-state index contributed by atoms with van der Waals surface area (Å²) in [6.07, 6.45) is 3.36. The number of pyridine rings is 1. The molecule has 0 radical (unpaired) electrons. The van der Waals surface area contributed by atoms with Gasteiger partial charge in [0.25, 0.3) is 5.91 Å². The summed E-state index contributed by atoms with van der Waals surface area (Å²) in [5, 5.41) is 2.93. The molecule has 5 heteroatoms. The summed E-state index contributed by atoms with van der Waals surface area (Å²) < 4.78 is 13.6. The number of nitrogens with one attached hydrogen (secondary N) is 1. The number of nitrogens with zero attached hydrogens (tertiary/aromatic N) is 2. The van der Waals surface area contributed by atoms with Gasteiger partial charge in [0.05, 0.1) is 11.8 Å². The lowest BCUT2D eigenvalue weighted by Gasteiger charge is -2.20. The van der Waals surface area contributed by atoms with Crippen molar-refractivity contribution in [1.29, 1.82) is 0 Å². The Labute approximate surface area is 135 Å². The van der Waals surface area contributed by atoms with E-state index in [4.69, 9.17) is 0 Å². The first-order valence-corrected chi connectivity index (χ1v) is 7.82. The number of aromatic nitrogens is 1. The Hall–Kier alpha value is -2.27. The van der Waals surface area contributed by atoms with Crippen LogP contribution in [-0.2, 0) is 6.54 Å². The van der Waals surface area contributed by atoms with E-state index in [2.05, 4.69) is 34.3 Å². The smallest absolute Gasteiger partial charge is 0.254 e. The number of carbonyl (C=O) groups excluding carboxylic acids is 1. The molecule has 1 aromatic carbocycles. The number of amides is 1. The fourth-order valence-electron chi connectivity index (χ4n) is 3.06. The molecule has 23 heavy (non-hydrogen) atoms. The SMILES string of the molecule is C[C@H]1C[C@@H](NC(=O)c2ccncc2F)CN1Cc1ccccc1. The monoisotopic (exact) mass is 313 g/mol. The Bertz CT molecular complexity index is 677. The highest BCUT2D eigenvalue weighted by Crippen LogP contribution is 2.20. The quantitative estimate of drug-likeness (QED) is 0.944. The van der Waals surface area contributed by atoms with Crippen LogP contribution < -0.4 is 5.32 Å². The molecule has 2 atom stereocenters. The molecule has 0 spiro atoms. The van der Waals surface area contributed by atoms with Gasteiger partial charge in [-0.3, -0.25) is 14.7 Å². The van der Waals surface area contributed by atoms with Gasteiger partial charge in [-0.25, -0.2) is 4.39 Å². The molecule has 4 nitrogen and oxygen atoms in total. The number of likely N-dealkylation sites (tertiary alicyclic amines) is 1. The number of benzene rings is 1. The highest BCUT2D eigenvalue weighted by molar-refractivity contribution is 5.94. The van der Waals surface area contributed by atoms with Crippen LogP contribution in [0.4, 0.5) is 4.39 Å². The normalized spacial score (nSPS) is 21.3. The molecular formula is C18H20FN3O. The second-order valence-corrected chi connectivity index (χ2v) is 6.03. The zero-order chi connectivity index (χ0) is 16.2. The summed E-state index contributed by atoms with van der Waals surface area (Å²) in [4.78, 5) is 18.2. The van der Waals surface area contributed by atoms with E-state index < -0.39 is 5.82 Å². The van der Waals surface area contributed by atoms with Crippen LogP contribution in [0.3, 0.4) is 0 Å². The number of rotatable bonds is 4. The maximum absolute atomic E-state index is 13.6. The van der Waals surface area contributed by atoms with Crippen LogP contribution >= 0.6 is 0 Å². The van der Waals surface area contributed by atoms with Crippen LogP contribution in [0.2, 0.25) is 0 Å². The molecule has 1 amide bonds. The van der Waals surface area contributed by atoms with Crippen LogP contribution in [0.15, 0.2) is 48.8 Å². The minimum absolute atomic E-state index is 0.0359. The van der Waals surface area contributed by atoms with Crippen molar-refractivity contribution in [3.05, 3.63) is 65.7 Å². The van der Waals surface area contributed by atoms with Crippen molar-refractivity contribution in [3.63, 3.8) is 0 Å². The van der Waals surface area contributed by atoms with Gasteiger partial charge in [-0.15, -0.1) is 0 Å². The summed E-state index contributed by atoms with van der Waals surface area (Å²) in [7, 11) is 0. The Kier molecular flexibility index (Phi) is 4.67. The van der Waals surface area contributed by atoms with Crippen molar-refractivity contribution in [1.82, 2.24) is 15.2 Å². The molecule has 1 fully saturated rings. The minimum atomic E-state index is -0.586. The van der Waals surface area contributed by atoms with Gasteiger partial charge in [-0.1, -0.05) is 30.3 Å². The van der Waals surface area contributed by atoms with E-state index in [-0.39, 0.29) is 17.5 Å². The molecule has 2 heterocycles. The zero-order valence-electron chi connectivity index (χ0n) is 13.1. The number of hydrogen-bond acceptors (Lipinski definition) is 3. The van der Waals surface area contributed by atoms with Crippen LogP contribution in [-0.4, -0.2) is 34.4 Å². The highest BCUT2D eigenvalue weighted by atomic mass is 19.1. The standard InChI is InChI=1S/C18H20FN3O/c1-13-9-15(12-22(13)11-14-5-3-2-4-6-14)21-18(23)16-7-8-20-10-17(16)19/h2-8,10,13,15H,9,11-12H2,1H3,(H,21,23)/t13-,15+/m0/s1. The van der Waals surface area contributed by atoms with Gasteiger partial charge in [-0.05, 0) is 25.0 Å². The van der Waals surface area contributed by atoms with E-state index in [9.17, 15) is 9.18 Å². The molecule has 0 aliphatic carbocycles. The molecule has 2 aromatic rings. The Morgan fingerprint density at radius 2 is 2.13 bits per heavy atom. The fourth-order valence-corrected chi connectivity index (χ4v) is 3.06. The minimum Gasteiger partial charge on any atom is -0.348 e. The molecule has 1 N–H and O–H groups in total. The van der Waals surface area contributed by atoms with Gasteiger partial charge in [0.15, 0.2) is 5.82 Å². The third kappa shape index (κ3) is 3.74. The van der Waals surface area contributed by atoms with Gasteiger partial charge < -0.3 is 5.32 Å². The molecule has 1 saturated heterocycles. The molecule has 1 aliphatic heterocycles. The van der Waals surface area contributed by atoms with Crippen LogP contribution in [0, 0.1) is 5.82 Å². The van der Waals surface area contributed by atoms with Crippen LogP contribution in [0.1, 0.15) is 29.3 Å². The number of carbonyl (C=O) groups is 1. The first kappa shape index (κ1) is 15.6. The molecule has 0 bridgehead atoms. The second kappa shape index (κ2) is 6.87. The van der Waals surface area contributed by atoms with E-state index in [0.29, 0.717) is 6.04 Å². The summed E-state index contributed by atoms with van der Waals surface area (Å²) in [6, 6.07) is 12.1. The van der Waals surface area contributed by atoms with Gasteiger partial charge in [0.1, 0.15) is 0 Å². The highest BCUT2D eigenvalue weighted by Gasteiger charge is 2.30. The lowest BCUT2D eigenvalue weighted by atomic mass is 10.1. The van der Waals surface area contributed by atoms with Crippen molar-refractivity contribution in [2.75, 3.05) is 6.54 Å². The fraction of sp³-hybridized carbons (Fsp3) is 0.333. The molecule has 0 unspecified atom stereocenters. The second-order valence-electron chi connectivity index (χ2n) is 6.03. The maximum Gasteiger partial charge on any atom is 0.254 e. The molecule has 1 aliphatic rings. The maximum atomic E-state index is 13.6. The number of hydrogen-bond donors (Lipinski definition) is 1. The van der Waals surface area contributed by atoms with Crippen LogP contribution in [0.5, 0.6) is 0 Å². The third-order valence-electron chi connectivity index (χ3n) is 4.28. The van der Waals surface area contributed by atoms with Gasteiger partial charge >= 0.3 is 0 Å². The van der Waals surface area contributed by atoms with Crippen molar-refractivity contribution in [2.45, 2.75) is 32.0 Å². The summed E-state index contributed by atoms with van der Waals surface area (Å²) >= 11 is 0. The third-order valence-corrected chi connectivity index (χ3v) is 4.28. The molecule has 0 saturated carbocycles. The van der Waals surface area contributed by atoms with E-state index in [1.54, 1.807) is 0 Å². The van der Waals surface area contributed by atoms with E-state index in [1.807, 2.05) is 18.2 Å². The Balaban J connectivity index is 1.60. The first-order chi connectivity index (χ1) is 11.1. The van der Waals surface area contributed by atoms with Crippen molar-refractivity contribution < 1.29 is 9.18 Å². The van der Waals surface area contributed by atoms with Crippen molar-refractivity contribution in [2.24, 2.45) is 0 Å². The summed E-state index contributed by atoms with van der Waals surface area (Å²) in [5.41, 5.74) is 1.31. The molecule has 3 rings (SSSR count). The largest absolute Gasteiger partial charge is 0.348 e. The Morgan fingerprint density at radius 3 is 2.87 bits per heavy atom. The zero-order valence-corrected chi connectivity index (χ0v) is 13.1. The van der Waals surface area contributed by atoms with E-state index in [1.165, 1.54) is 17.8 Å². The topological polar surface area (TPSA) is 45.2 Å². The molecular weight excluding hydrogens is 293 g/mol. The van der Waals surface area contributed by atoms with Gasteiger partial charge in [0, 0.05) is 31.4 Å². The predicted molar refractivity (Wildman–Crippen MR) is 86.4 cm³/mol. The van der Waals surface area contributed by atoms with Crippen molar-refractivity contribution >= 4 is 5.91 Å². The van der Waals surface area contributed by atoms with Gasteiger partial charge in [0.2, 0.25) is 0 Å². The van der Waals surface area contributed by atoms with E-state index in [0.717, 1.165) is 25.7 Å². The lowest BCUT2D eigenvalue weighted by molar-refractivity contribution is 0.0933. The average Bonchev–Trinajstić information content (AvgIpc) is 2.88. The average molecular weight is 313 g/mol. The summed E-state index contributed by atoms with van der Waals surface area (Å²) in [6.45, 7) is 3.79. The molecule has 1 aromatic heterocycles. The number of halogens is 1. The first-order valence-electron chi connectivity index (χ1n) is 7.82. The van der Waals surface area contributed by atoms with Crippen LogP contribution in [0.25, 0.3) is 0 Å². The lowest BCUT2D eigenvalue weighted by Crippen LogP contribution is -2.37. The van der Waals surface area contributed by atoms with Crippen molar-refractivity contribution in [3.8, 4) is 0 Å². The molecule has 120 valence electrons.